The Kier molecular flexibility index (Phi) is 3.47. The predicted octanol–water partition coefficient (Wildman–Crippen LogP) is 3.30. The zero-order chi connectivity index (χ0) is 13.9. The monoisotopic (exact) mass is 330 g/mol. The summed E-state index contributed by atoms with van der Waals surface area (Å²) < 4.78 is 6.07. The Bertz CT molecular complexity index is 741. The van der Waals surface area contributed by atoms with Crippen LogP contribution in [0.5, 0.6) is 5.75 Å². The molecular formula is C14H11BrN4O. The fraction of sp³-hybridized carbons (Fsp3) is 0.0714. The van der Waals surface area contributed by atoms with E-state index < -0.39 is 0 Å². The highest BCUT2D eigenvalue weighted by Gasteiger charge is 2.11. The second kappa shape index (κ2) is 5.42. The summed E-state index contributed by atoms with van der Waals surface area (Å²) in [6.45, 7) is 0. The first-order valence-electron chi connectivity index (χ1n) is 5.95. The number of ether oxygens (including phenoxy) is 1. The Labute approximate surface area is 124 Å². The minimum Gasteiger partial charge on any atom is -0.497 e. The summed E-state index contributed by atoms with van der Waals surface area (Å²) >= 11 is 3.45. The first-order valence-corrected chi connectivity index (χ1v) is 6.75. The van der Waals surface area contributed by atoms with Crippen molar-refractivity contribution in [3.63, 3.8) is 0 Å². The summed E-state index contributed by atoms with van der Waals surface area (Å²) in [5.74, 6) is 2.00. The number of benzene rings is 1. The number of H-pyrrole nitrogens is 1. The van der Waals surface area contributed by atoms with Gasteiger partial charge in [-0.2, -0.15) is 5.10 Å². The molecule has 0 spiro atoms. The zero-order valence-corrected chi connectivity index (χ0v) is 12.3. The van der Waals surface area contributed by atoms with Crippen LogP contribution in [0.4, 0.5) is 0 Å². The Morgan fingerprint density at radius 3 is 2.90 bits per heavy atom. The Morgan fingerprint density at radius 1 is 1.20 bits per heavy atom. The first-order chi connectivity index (χ1) is 9.78. The summed E-state index contributed by atoms with van der Waals surface area (Å²) in [7, 11) is 1.63. The molecule has 1 aromatic carbocycles. The zero-order valence-electron chi connectivity index (χ0n) is 10.7. The van der Waals surface area contributed by atoms with Crippen molar-refractivity contribution in [3.8, 4) is 28.7 Å². The number of halogens is 1. The van der Waals surface area contributed by atoms with Gasteiger partial charge in [-0.15, -0.1) is 0 Å². The van der Waals surface area contributed by atoms with Gasteiger partial charge < -0.3 is 4.74 Å². The van der Waals surface area contributed by atoms with E-state index in [-0.39, 0.29) is 0 Å². The lowest BCUT2D eigenvalue weighted by Crippen LogP contribution is -1.87. The maximum Gasteiger partial charge on any atom is 0.181 e. The molecule has 3 aromatic rings. The van der Waals surface area contributed by atoms with Gasteiger partial charge in [0, 0.05) is 16.2 Å². The van der Waals surface area contributed by atoms with E-state index in [2.05, 4.69) is 36.1 Å². The van der Waals surface area contributed by atoms with E-state index in [0.717, 1.165) is 21.5 Å². The van der Waals surface area contributed by atoms with Crippen LogP contribution in [-0.2, 0) is 0 Å². The van der Waals surface area contributed by atoms with Crippen molar-refractivity contribution in [1.82, 2.24) is 20.2 Å². The summed E-state index contributed by atoms with van der Waals surface area (Å²) in [6.07, 6.45) is 1.72. The maximum absolute atomic E-state index is 5.20. The molecule has 0 bridgehead atoms. The third-order valence-electron chi connectivity index (χ3n) is 2.80. The van der Waals surface area contributed by atoms with E-state index in [4.69, 9.17) is 4.74 Å². The Morgan fingerprint density at radius 2 is 2.10 bits per heavy atom. The number of rotatable bonds is 3. The molecule has 0 aliphatic rings. The summed E-state index contributed by atoms with van der Waals surface area (Å²) in [4.78, 5) is 8.76. The van der Waals surface area contributed by atoms with E-state index in [0.29, 0.717) is 11.6 Å². The molecule has 100 valence electrons. The van der Waals surface area contributed by atoms with Gasteiger partial charge in [-0.25, -0.2) is 4.98 Å². The highest BCUT2D eigenvalue weighted by atomic mass is 79.9. The third-order valence-corrected chi connectivity index (χ3v) is 3.44. The fourth-order valence-electron chi connectivity index (χ4n) is 1.82. The lowest BCUT2D eigenvalue weighted by Gasteiger charge is -2.00. The SMILES string of the molecule is COc1cccc(-c2n[nH]c(-c3ncccc3Br)n2)c1. The minimum atomic E-state index is 0.608. The average molecular weight is 331 g/mol. The lowest BCUT2D eigenvalue weighted by molar-refractivity contribution is 0.415. The van der Waals surface area contributed by atoms with Crippen molar-refractivity contribution < 1.29 is 4.74 Å². The average Bonchev–Trinajstić information content (AvgIpc) is 2.97. The van der Waals surface area contributed by atoms with Gasteiger partial charge >= 0.3 is 0 Å². The van der Waals surface area contributed by atoms with Crippen molar-refractivity contribution in [2.75, 3.05) is 7.11 Å². The quantitative estimate of drug-likeness (QED) is 0.800. The van der Waals surface area contributed by atoms with Crippen LogP contribution in [0.25, 0.3) is 22.9 Å². The molecule has 0 saturated carbocycles. The summed E-state index contributed by atoms with van der Waals surface area (Å²) in [6, 6.07) is 11.4. The van der Waals surface area contributed by atoms with Crippen molar-refractivity contribution in [1.29, 1.82) is 0 Å². The maximum atomic E-state index is 5.20. The van der Waals surface area contributed by atoms with Crippen molar-refractivity contribution in [3.05, 3.63) is 47.1 Å². The molecule has 1 N–H and O–H groups in total. The largest absolute Gasteiger partial charge is 0.497 e. The first kappa shape index (κ1) is 12.8. The van der Waals surface area contributed by atoms with E-state index in [1.165, 1.54) is 0 Å². The number of methoxy groups -OCH3 is 1. The molecule has 0 unspecified atom stereocenters. The molecule has 0 saturated heterocycles. The number of pyridine rings is 1. The van der Waals surface area contributed by atoms with Crippen molar-refractivity contribution in [2.24, 2.45) is 0 Å². The van der Waals surface area contributed by atoms with Crippen LogP contribution in [0.15, 0.2) is 47.1 Å². The summed E-state index contributed by atoms with van der Waals surface area (Å²) in [5.41, 5.74) is 1.62. The molecule has 3 rings (SSSR count). The molecule has 6 heteroatoms. The standard InChI is InChI=1S/C14H11BrN4O/c1-20-10-5-2-4-9(8-10)13-17-14(19-18-13)12-11(15)6-3-7-16-12/h2-8H,1H3,(H,17,18,19). The van der Waals surface area contributed by atoms with Crippen LogP contribution in [0.2, 0.25) is 0 Å². The molecule has 0 atom stereocenters. The number of hydrogen-bond acceptors (Lipinski definition) is 4. The van der Waals surface area contributed by atoms with Gasteiger partial charge in [0.15, 0.2) is 11.6 Å². The van der Waals surface area contributed by atoms with Crippen LogP contribution in [0.1, 0.15) is 0 Å². The third kappa shape index (κ3) is 2.42. The molecular weight excluding hydrogens is 320 g/mol. The molecule has 0 fully saturated rings. The van der Waals surface area contributed by atoms with Gasteiger partial charge in [-0.1, -0.05) is 12.1 Å². The second-order valence-electron chi connectivity index (χ2n) is 4.07. The van der Waals surface area contributed by atoms with Gasteiger partial charge in [0.2, 0.25) is 0 Å². The van der Waals surface area contributed by atoms with Crippen LogP contribution in [0.3, 0.4) is 0 Å². The topological polar surface area (TPSA) is 63.7 Å². The minimum absolute atomic E-state index is 0.608. The van der Waals surface area contributed by atoms with E-state index >= 15 is 0 Å². The summed E-state index contributed by atoms with van der Waals surface area (Å²) in [5, 5.41) is 7.13. The molecule has 2 heterocycles. The smallest absolute Gasteiger partial charge is 0.181 e. The number of nitrogens with one attached hydrogen (secondary N) is 1. The Hall–Kier alpha value is -2.21. The number of nitrogens with zero attached hydrogens (tertiary/aromatic N) is 3. The molecule has 20 heavy (non-hydrogen) atoms. The normalized spacial score (nSPS) is 10.5. The second-order valence-corrected chi connectivity index (χ2v) is 4.93. The van der Waals surface area contributed by atoms with Gasteiger partial charge in [0.1, 0.15) is 11.4 Å². The van der Waals surface area contributed by atoms with Gasteiger partial charge in [-0.05, 0) is 40.2 Å². The molecule has 0 amide bonds. The van der Waals surface area contributed by atoms with E-state index in [1.807, 2.05) is 36.4 Å². The molecule has 0 aliphatic heterocycles. The van der Waals surface area contributed by atoms with Crippen LogP contribution in [-0.4, -0.2) is 27.3 Å². The van der Waals surface area contributed by atoms with Gasteiger partial charge in [-0.3, -0.25) is 10.1 Å². The predicted molar refractivity (Wildman–Crippen MR) is 79.3 cm³/mol. The number of aromatic amines is 1. The Balaban J connectivity index is 2.00. The van der Waals surface area contributed by atoms with Crippen LogP contribution < -0.4 is 4.74 Å². The van der Waals surface area contributed by atoms with Crippen LogP contribution >= 0.6 is 15.9 Å². The lowest BCUT2D eigenvalue weighted by atomic mass is 10.2. The number of hydrogen-bond donors (Lipinski definition) is 1. The highest BCUT2D eigenvalue weighted by molar-refractivity contribution is 9.10. The van der Waals surface area contributed by atoms with Gasteiger partial charge in [0.25, 0.3) is 0 Å². The molecule has 2 aromatic heterocycles. The highest BCUT2D eigenvalue weighted by Crippen LogP contribution is 2.25. The van der Waals surface area contributed by atoms with Crippen molar-refractivity contribution >= 4 is 15.9 Å². The molecule has 5 nitrogen and oxygen atoms in total. The van der Waals surface area contributed by atoms with Crippen LogP contribution in [0, 0.1) is 0 Å². The number of aromatic nitrogens is 4. The molecule has 0 radical (unpaired) electrons. The molecule has 0 aliphatic carbocycles. The fourth-order valence-corrected chi connectivity index (χ4v) is 2.26. The van der Waals surface area contributed by atoms with Gasteiger partial charge in [0.05, 0.1) is 7.11 Å². The van der Waals surface area contributed by atoms with Crippen molar-refractivity contribution in [2.45, 2.75) is 0 Å². The van der Waals surface area contributed by atoms with E-state index in [1.54, 1.807) is 13.3 Å². The van der Waals surface area contributed by atoms with E-state index in [9.17, 15) is 0 Å².